The molecule has 1 aliphatic rings. The first-order chi connectivity index (χ1) is 11.9. The van der Waals surface area contributed by atoms with Gasteiger partial charge in [-0.1, -0.05) is 13.0 Å². The van der Waals surface area contributed by atoms with Crippen LogP contribution in [-0.4, -0.2) is 39.3 Å². The molecule has 1 aliphatic heterocycles. The number of amides is 1. The highest BCUT2D eigenvalue weighted by Gasteiger charge is 2.18. The number of carbonyl (C=O) groups is 2. The lowest BCUT2D eigenvalue weighted by molar-refractivity contribution is -0.147. The average Bonchev–Trinajstić information content (AvgIpc) is 3.06. The smallest absolute Gasteiger partial charge is 0.306 e. The molecule has 1 heterocycles. The summed E-state index contributed by atoms with van der Waals surface area (Å²) in [6.45, 7) is 2.04. The number of hydrogen-bond acceptors (Lipinski definition) is 6. The molecule has 136 valence electrons. The lowest BCUT2D eigenvalue weighted by atomic mass is 10.3. The van der Waals surface area contributed by atoms with E-state index in [0.29, 0.717) is 30.9 Å². The van der Waals surface area contributed by atoms with Crippen molar-refractivity contribution in [3.8, 4) is 0 Å². The van der Waals surface area contributed by atoms with E-state index in [1.54, 1.807) is 6.07 Å². The molecular weight excluding hydrogens is 346 g/mol. The van der Waals surface area contributed by atoms with Crippen molar-refractivity contribution < 1.29 is 22.7 Å². The predicted octanol–water partition coefficient (Wildman–Crippen LogP) is 1.44. The molecule has 8 nitrogen and oxygen atoms in total. The number of rotatable bonds is 7. The van der Waals surface area contributed by atoms with Crippen LogP contribution in [-0.2, 0) is 24.3 Å². The molecule has 25 heavy (non-hydrogen) atoms. The Morgan fingerprint density at radius 2 is 2.12 bits per heavy atom. The summed E-state index contributed by atoms with van der Waals surface area (Å²) in [5.74, 6) is -0.542. The first-order valence-electron chi connectivity index (χ1n) is 8.02. The van der Waals surface area contributed by atoms with E-state index in [4.69, 9.17) is 4.74 Å². The third-order valence-corrected chi connectivity index (χ3v) is 4.75. The van der Waals surface area contributed by atoms with Crippen molar-refractivity contribution in [1.82, 2.24) is 4.72 Å². The Hall–Kier alpha value is -2.42. The molecule has 0 aliphatic carbocycles. The van der Waals surface area contributed by atoms with Gasteiger partial charge in [0.25, 0.3) is 15.9 Å². The molecule has 1 aromatic carbocycles. The van der Waals surface area contributed by atoms with Gasteiger partial charge in [0.05, 0.1) is 4.90 Å². The molecule has 0 unspecified atom stereocenters. The minimum absolute atomic E-state index is 0.0166. The van der Waals surface area contributed by atoms with Gasteiger partial charge in [0.1, 0.15) is 5.84 Å². The fourth-order valence-corrected chi connectivity index (χ4v) is 3.33. The minimum Gasteiger partial charge on any atom is -0.456 e. The monoisotopic (exact) mass is 367 g/mol. The molecule has 2 rings (SSSR count). The number of anilines is 1. The van der Waals surface area contributed by atoms with Crippen LogP contribution in [0.1, 0.15) is 32.6 Å². The third-order valence-electron chi connectivity index (χ3n) is 3.37. The molecular formula is C16H21N3O5S. The number of nitrogens with zero attached hydrogens (tertiary/aromatic N) is 1. The van der Waals surface area contributed by atoms with Crippen molar-refractivity contribution in [3.05, 3.63) is 24.3 Å². The van der Waals surface area contributed by atoms with Gasteiger partial charge in [-0.05, 0) is 31.0 Å². The molecule has 1 aromatic rings. The highest BCUT2D eigenvalue weighted by molar-refractivity contribution is 7.90. The minimum atomic E-state index is -3.75. The van der Waals surface area contributed by atoms with E-state index in [2.05, 4.69) is 15.0 Å². The maximum atomic E-state index is 12.3. The van der Waals surface area contributed by atoms with Crippen molar-refractivity contribution in [2.24, 2.45) is 4.99 Å². The lowest BCUT2D eigenvalue weighted by Gasteiger charge is -2.10. The van der Waals surface area contributed by atoms with E-state index in [9.17, 15) is 18.0 Å². The number of ether oxygens (including phenoxy) is 1. The van der Waals surface area contributed by atoms with Crippen LogP contribution in [0.15, 0.2) is 34.2 Å². The zero-order chi connectivity index (χ0) is 18.3. The second kappa shape index (κ2) is 8.61. The number of benzene rings is 1. The molecule has 0 spiro atoms. The second-order valence-electron chi connectivity index (χ2n) is 5.52. The molecule has 0 aromatic heterocycles. The molecule has 2 N–H and O–H groups in total. The summed E-state index contributed by atoms with van der Waals surface area (Å²) in [5, 5.41) is 2.51. The van der Waals surface area contributed by atoms with E-state index in [1.165, 1.54) is 18.2 Å². The molecule has 0 radical (unpaired) electrons. The number of esters is 1. The zero-order valence-corrected chi connectivity index (χ0v) is 14.8. The quantitative estimate of drug-likeness (QED) is 0.708. The zero-order valence-electron chi connectivity index (χ0n) is 13.9. The summed E-state index contributed by atoms with van der Waals surface area (Å²) >= 11 is 0. The number of carbonyl (C=O) groups excluding carboxylic acids is 2. The summed E-state index contributed by atoms with van der Waals surface area (Å²) < 4.78 is 31.9. The Kier molecular flexibility index (Phi) is 6.51. The van der Waals surface area contributed by atoms with Crippen molar-refractivity contribution in [3.63, 3.8) is 0 Å². The van der Waals surface area contributed by atoms with Gasteiger partial charge in [0.15, 0.2) is 6.61 Å². The Bertz CT molecular complexity index is 774. The van der Waals surface area contributed by atoms with Crippen LogP contribution in [0.4, 0.5) is 5.69 Å². The third kappa shape index (κ3) is 5.86. The van der Waals surface area contributed by atoms with E-state index in [1.807, 2.05) is 6.92 Å². The van der Waals surface area contributed by atoms with E-state index < -0.39 is 28.5 Å². The molecule has 0 saturated carbocycles. The lowest BCUT2D eigenvalue weighted by Crippen LogP contribution is -2.29. The maximum Gasteiger partial charge on any atom is 0.306 e. The Morgan fingerprint density at radius 3 is 2.80 bits per heavy atom. The van der Waals surface area contributed by atoms with Crippen molar-refractivity contribution >= 4 is 33.4 Å². The van der Waals surface area contributed by atoms with Crippen LogP contribution in [0.5, 0.6) is 0 Å². The fourth-order valence-electron chi connectivity index (χ4n) is 2.20. The van der Waals surface area contributed by atoms with Crippen LogP contribution in [0, 0.1) is 0 Å². The van der Waals surface area contributed by atoms with Crippen LogP contribution in [0.25, 0.3) is 0 Å². The standard InChI is InChI=1S/C16H21N3O5S/c1-2-5-16(21)24-11-15(20)18-12-6-3-7-13(10-12)25(22,23)19-14-8-4-9-17-14/h3,6-7,10H,2,4-5,8-9,11H2,1H3,(H,17,19)(H,18,20). The highest BCUT2D eigenvalue weighted by atomic mass is 32.2. The van der Waals surface area contributed by atoms with Gasteiger partial charge in [-0.15, -0.1) is 0 Å². The predicted molar refractivity (Wildman–Crippen MR) is 92.8 cm³/mol. The molecule has 0 bridgehead atoms. The van der Waals surface area contributed by atoms with Crippen molar-refractivity contribution in [2.75, 3.05) is 18.5 Å². The molecule has 0 fully saturated rings. The van der Waals surface area contributed by atoms with Crippen LogP contribution < -0.4 is 10.0 Å². The van der Waals surface area contributed by atoms with E-state index in [0.717, 1.165) is 6.42 Å². The van der Waals surface area contributed by atoms with Gasteiger partial charge in [-0.25, -0.2) is 8.42 Å². The van der Waals surface area contributed by atoms with Gasteiger partial charge < -0.3 is 10.1 Å². The number of nitrogens with one attached hydrogen (secondary N) is 2. The Balaban J connectivity index is 1.98. The topological polar surface area (TPSA) is 114 Å². The SMILES string of the molecule is CCCC(=O)OCC(=O)Nc1cccc(S(=O)(=O)NC2=NCCC2)c1. The summed E-state index contributed by atoms with van der Waals surface area (Å²) in [7, 11) is -3.75. The summed E-state index contributed by atoms with van der Waals surface area (Å²) in [6.07, 6.45) is 2.30. The van der Waals surface area contributed by atoms with Gasteiger partial charge in [-0.3, -0.25) is 19.3 Å². The van der Waals surface area contributed by atoms with Crippen LogP contribution in [0.2, 0.25) is 0 Å². The number of hydrogen-bond donors (Lipinski definition) is 2. The van der Waals surface area contributed by atoms with Crippen LogP contribution in [0.3, 0.4) is 0 Å². The fraction of sp³-hybridized carbons (Fsp3) is 0.438. The first-order valence-corrected chi connectivity index (χ1v) is 9.50. The highest BCUT2D eigenvalue weighted by Crippen LogP contribution is 2.16. The molecule has 0 saturated heterocycles. The summed E-state index contributed by atoms with van der Waals surface area (Å²) in [5.41, 5.74) is 0.299. The molecule has 1 amide bonds. The normalized spacial score (nSPS) is 13.9. The van der Waals surface area contributed by atoms with E-state index >= 15 is 0 Å². The van der Waals surface area contributed by atoms with Crippen LogP contribution >= 0.6 is 0 Å². The number of amidine groups is 1. The van der Waals surface area contributed by atoms with Gasteiger partial charge in [0, 0.05) is 25.1 Å². The average molecular weight is 367 g/mol. The van der Waals surface area contributed by atoms with Gasteiger partial charge in [0.2, 0.25) is 0 Å². The second-order valence-corrected chi connectivity index (χ2v) is 7.21. The number of sulfonamides is 1. The Morgan fingerprint density at radius 1 is 1.32 bits per heavy atom. The number of aliphatic imine (C=N–C) groups is 1. The Labute approximate surface area is 146 Å². The largest absolute Gasteiger partial charge is 0.456 e. The maximum absolute atomic E-state index is 12.3. The van der Waals surface area contributed by atoms with Gasteiger partial charge >= 0.3 is 5.97 Å². The summed E-state index contributed by atoms with van der Waals surface area (Å²) in [6, 6.07) is 5.83. The summed E-state index contributed by atoms with van der Waals surface area (Å²) in [4.78, 5) is 27.1. The first kappa shape index (κ1) is 18.9. The van der Waals surface area contributed by atoms with E-state index in [-0.39, 0.29) is 11.3 Å². The van der Waals surface area contributed by atoms with Crippen molar-refractivity contribution in [2.45, 2.75) is 37.5 Å². The molecule has 9 heteroatoms. The van der Waals surface area contributed by atoms with Gasteiger partial charge in [-0.2, -0.15) is 0 Å². The molecule has 0 atom stereocenters. The van der Waals surface area contributed by atoms with Crippen molar-refractivity contribution in [1.29, 1.82) is 0 Å².